The minimum Gasteiger partial charge on any atom is -0.376 e. The van der Waals surface area contributed by atoms with Gasteiger partial charge < -0.3 is 10.1 Å². The third-order valence-electron chi connectivity index (χ3n) is 5.33. The van der Waals surface area contributed by atoms with Gasteiger partial charge in [0.2, 0.25) is 5.91 Å². The molecule has 3 aromatic rings. The van der Waals surface area contributed by atoms with Gasteiger partial charge >= 0.3 is 0 Å². The second-order valence-electron chi connectivity index (χ2n) is 7.57. The first-order valence-corrected chi connectivity index (χ1v) is 11.9. The topological polar surface area (TPSA) is 73.2 Å². The second kappa shape index (κ2) is 9.32. The Morgan fingerprint density at radius 2 is 2.20 bits per heavy atom. The van der Waals surface area contributed by atoms with Crippen LogP contribution in [0.5, 0.6) is 0 Å². The van der Waals surface area contributed by atoms with E-state index >= 15 is 0 Å². The molecular weight excluding hydrogens is 418 g/mol. The molecule has 1 aromatic carbocycles. The minimum atomic E-state index is -0.0760. The zero-order valence-electron chi connectivity index (χ0n) is 17.1. The molecule has 1 fully saturated rings. The van der Waals surface area contributed by atoms with Crippen LogP contribution in [0.4, 0.5) is 0 Å². The molecule has 158 valence electrons. The maximum Gasteiger partial charge on any atom is 0.272 e. The number of benzene rings is 1. The summed E-state index contributed by atoms with van der Waals surface area (Å²) in [5.41, 5.74) is 4.07. The van der Waals surface area contributed by atoms with Crippen molar-refractivity contribution in [2.24, 2.45) is 0 Å². The third kappa shape index (κ3) is 4.77. The minimum absolute atomic E-state index is 0.0597. The summed E-state index contributed by atoms with van der Waals surface area (Å²) in [7, 11) is 0. The molecule has 6 nitrogen and oxygen atoms in total. The standard InChI is InChI=1S/C22H25N3O3S2/c1-14-5-6-16(10-15(14)2)12-25-21(27)20-18(7-9-29-20)24-22(25)30-13-19(26)23-11-17-4-3-8-28-17/h5-7,9-10,17H,3-4,8,11-13H2,1-2H3,(H,23,26)/t17-/m1/s1. The van der Waals surface area contributed by atoms with Crippen molar-refractivity contribution in [1.82, 2.24) is 14.9 Å². The summed E-state index contributed by atoms with van der Waals surface area (Å²) in [5.74, 6) is 0.134. The van der Waals surface area contributed by atoms with Gasteiger partial charge in [-0.05, 0) is 54.8 Å². The van der Waals surface area contributed by atoms with Gasteiger partial charge in [0.1, 0.15) is 4.70 Å². The van der Waals surface area contributed by atoms with E-state index in [0.717, 1.165) is 25.0 Å². The SMILES string of the molecule is Cc1ccc(Cn2c(SCC(=O)NC[C@H]3CCCO3)nc3ccsc3c2=O)cc1C. The van der Waals surface area contributed by atoms with Gasteiger partial charge in [-0.25, -0.2) is 4.98 Å². The fraction of sp³-hybridized carbons (Fsp3) is 0.409. The number of amides is 1. The molecule has 0 aliphatic carbocycles. The van der Waals surface area contributed by atoms with E-state index in [1.54, 1.807) is 4.57 Å². The average molecular weight is 444 g/mol. The van der Waals surface area contributed by atoms with E-state index in [-0.39, 0.29) is 23.3 Å². The van der Waals surface area contributed by atoms with Crippen LogP contribution in [0.1, 0.15) is 29.5 Å². The van der Waals surface area contributed by atoms with Crippen LogP contribution >= 0.6 is 23.1 Å². The Labute approximate surface area is 183 Å². The van der Waals surface area contributed by atoms with E-state index in [0.29, 0.717) is 28.5 Å². The molecule has 0 saturated carbocycles. The molecule has 1 amide bonds. The molecule has 2 aromatic heterocycles. The number of thiophene rings is 1. The van der Waals surface area contributed by atoms with Crippen molar-refractivity contribution in [2.45, 2.75) is 44.5 Å². The molecule has 1 N–H and O–H groups in total. The van der Waals surface area contributed by atoms with Crippen LogP contribution in [0.3, 0.4) is 0 Å². The van der Waals surface area contributed by atoms with Gasteiger partial charge in [-0.15, -0.1) is 11.3 Å². The second-order valence-corrected chi connectivity index (χ2v) is 9.43. The van der Waals surface area contributed by atoms with E-state index in [4.69, 9.17) is 4.74 Å². The molecule has 0 radical (unpaired) electrons. The lowest BCUT2D eigenvalue weighted by Crippen LogP contribution is -2.33. The van der Waals surface area contributed by atoms with Crippen molar-refractivity contribution in [3.63, 3.8) is 0 Å². The van der Waals surface area contributed by atoms with Gasteiger partial charge in [-0.2, -0.15) is 0 Å². The highest BCUT2D eigenvalue weighted by molar-refractivity contribution is 7.99. The fourth-order valence-electron chi connectivity index (χ4n) is 3.47. The van der Waals surface area contributed by atoms with Gasteiger partial charge in [0.25, 0.3) is 5.56 Å². The molecule has 1 aliphatic heterocycles. The van der Waals surface area contributed by atoms with Gasteiger partial charge in [-0.1, -0.05) is 30.0 Å². The number of carbonyl (C=O) groups is 1. The average Bonchev–Trinajstić information content (AvgIpc) is 3.42. The maximum atomic E-state index is 13.1. The number of ether oxygens (including phenoxy) is 1. The highest BCUT2D eigenvalue weighted by atomic mass is 32.2. The predicted octanol–water partition coefficient (Wildman–Crippen LogP) is 3.51. The highest BCUT2D eigenvalue weighted by Gasteiger charge is 2.18. The van der Waals surface area contributed by atoms with Crippen LogP contribution in [0, 0.1) is 13.8 Å². The number of fused-ring (bicyclic) bond motifs is 1. The number of nitrogens with one attached hydrogen (secondary N) is 1. The summed E-state index contributed by atoms with van der Waals surface area (Å²) in [6, 6.07) is 8.06. The number of rotatable bonds is 7. The van der Waals surface area contributed by atoms with Crippen molar-refractivity contribution >= 4 is 39.2 Å². The number of hydrogen-bond donors (Lipinski definition) is 1. The Bertz CT molecular complexity index is 1120. The predicted molar refractivity (Wildman–Crippen MR) is 122 cm³/mol. The van der Waals surface area contributed by atoms with E-state index in [9.17, 15) is 9.59 Å². The summed E-state index contributed by atoms with van der Waals surface area (Å²) in [4.78, 5) is 30.1. The number of aromatic nitrogens is 2. The molecule has 4 rings (SSSR count). The fourth-order valence-corrected chi connectivity index (χ4v) is 5.08. The van der Waals surface area contributed by atoms with Crippen LogP contribution in [-0.4, -0.2) is 40.5 Å². The first-order valence-electron chi connectivity index (χ1n) is 10.1. The molecule has 1 aliphatic rings. The lowest BCUT2D eigenvalue weighted by molar-refractivity contribution is -0.119. The molecule has 0 bridgehead atoms. The summed E-state index contributed by atoms with van der Waals surface area (Å²) in [6.07, 6.45) is 2.14. The van der Waals surface area contributed by atoms with Crippen molar-refractivity contribution in [1.29, 1.82) is 0 Å². The van der Waals surface area contributed by atoms with Crippen LogP contribution in [0.15, 0.2) is 39.6 Å². The Balaban J connectivity index is 1.53. The number of nitrogens with zero attached hydrogens (tertiary/aromatic N) is 2. The highest BCUT2D eigenvalue weighted by Crippen LogP contribution is 2.22. The van der Waals surface area contributed by atoms with Gasteiger partial charge in [0.15, 0.2) is 5.16 Å². The summed E-state index contributed by atoms with van der Waals surface area (Å²) in [5, 5.41) is 5.37. The van der Waals surface area contributed by atoms with E-state index < -0.39 is 0 Å². The molecule has 0 unspecified atom stereocenters. The number of thioether (sulfide) groups is 1. The van der Waals surface area contributed by atoms with Crippen LogP contribution < -0.4 is 10.9 Å². The monoisotopic (exact) mass is 443 g/mol. The lowest BCUT2D eigenvalue weighted by Gasteiger charge is -2.14. The molecule has 0 spiro atoms. The van der Waals surface area contributed by atoms with E-state index in [1.807, 2.05) is 17.5 Å². The quantitative estimate of drug-likeness (QED) is 0.447. The Morgan fingerprint density at radius 1 is 1.33 bits per heavy atom. The molecule has 1 saturated heterocycles. The van der Waals surface area contributed by atoms with E-state index in [2.05, 4.69) is 36.3 Å². The first-order chi connectivity index (χ1) is 14.5. The van der Waals surface area contributed by atoms with Crippen LogP contribution in [0.2, 0.25) is 0 Å². The first kappa shape index (κ1) is 21.1. The molecule has 30 heavy (non-hydrogen) atoms. The van der Waals surface area contributed by atoms with E-state index in [1.165, 1.54) is 34.2 Å². The molecule has 8 heteroatoms. The van der Waals surface area contributed by atoms with Crippen molar-refractivity contribution in [3.05, 3.63) is 56.7 Å². The largest absolute Gasteiger partial charge is 0.376 e. The summed E-state index contributed by atoms with van der Waals surface area (Å²) in [6.45, 7) is 5.87. The number of hydrogen-bond acceptors (Lipinski definition) is 6. The summed E-state index contributed by atoms with van der Waals surface area (Å²) < 4.78 is 7.87. The van der Waals surface area contributed by atoms with Crippen molar-refractivity contribution in [2.75, 3.05) is 18.9 Å². The molecular formula is C22H25N3O3S2. The third-order valence-corrected chi connectivity index (χ3v) is 7.19. The smallest absolute Gasteiger partial charge is 0.272 e. The maximum absolute atomic E-state index is 13.1. The van der Waals surface area contributed by atoms with Crippen molar-refractivity contribution < 1.29 is 9.53 Å². The Hall–Kier alpha value is -2.16. The van der Waals surface area contributed by atoms with Gasteiger partial charge in [0.05, 0.1) is 23.9 Å². The zero-order chi connectivity index (χ0) is 21.1. The number of carbonyl (C=O) groups excluding carboxylic acids is 1. The van der Waals surface area contributed by atoms with Gasteiger partial charge in [-0.3, -0.25) is 14.2 Å². The van der Waals surface area contributed by atoms with Gasteiger partial charge in [0, 0.05) is 13.2 Å². The Morgan fingerprint density at radius 3 is 2.97 bits per heavy atom. The number of aryl methyl sites for hydroxylation is 2. The lowest BCUT2D eigenvalue weighted by atomic mass is 10.1. The zero-order valence-corrected chi connectivity index (χ0v) is 18.8. The molecule has 1 atom stereocenters. The Kier molecular flexibility index (Phi) is 6.55. The van der Waals surface area contributed by atoms with Crippen LogP contribution in [0.25, 0.3) is 10.2 Å². The summed E-state index contributed by atoms with van der Waals surface area (Å²) >= 11 is 2.70. The normalized spacial score (nSPS) is 16.3. The van der Waals surface area contributed by atoms with Crippen LogP contribution in [-0.2, 0) is 16.1 Å². The molecule has 3 heterocycles. The van der Waals surface area contributed by atoms with Crippen molar-refractivity contribution in [3.8, 4) is 0 Å².